The molecule has 7 heteroatoms. The predicted octanol–water partition coefficient (Wildman–Crippen LogP) is 3.85. The summed E-state index contributed by atoms with van der Waals surface area (Å²) in [6.07, 6.45) is 0.159. The molecule has 0 saturated carbocycles. The highest BCUT2D eigenvalue weighted by Crippen LogP contribution is 2.29. The number of hydrogen-bond acceptors (Lipinski definition) is 5. The first-order valence-electron chi connectivity index (χ1n) is 9.79. The lowest BCUT2D eigenvalue weighted by atomic mass is 10.2. The fourth-order valence-electron chi connectivity index (χ4n) is 3.27. The van der Waals surface area contributed by atoms with Crippen molar-refractivity contribution in [2.45, 2.75) is 20.0 Å². The minimum atomic E-state index is -0.131. The van der Waals surface area contributed by atoms with Crippen LogP contribution < -0.4 is 24.4 Å². The molecule has 1 saturated heterocycles. The average molecular weight is 399 g/mol. The molecule has 2 aromatic rings. The van der Waals surface area contributed by atoms with Crippen molar-refractivity contribution in [1.82, 2.24) is 4.90 Å². The van der Waals surface area contributed by atoms with Crippen molar-refractivity contribution in [1.29, 1.82) is 0 Å². The Morgan fingerprint density at radius 1 is 0.931 bits per heavy atom. The average Bonchev–Trinajstić information content (AvgIpc) is 2.74. The number of rotatable bonds is 6. The number of carbonyl (C=O) groups excluding carboxylic acids is 1. The molecule has 0 spiro atoms. The van der Waals surface area contributed by atoms with Crippen LogP contribution in [0.15, 0.2) is 42.5 Å². The largest absolute Gasteiger partial charge is 0.497 e. The van der Waals surface area contributed by atoms with Gasteiger partial charge in [0.05, 0.1) is 26.0 Å². The molecule has 0 unspecified atom stereocenters. The zero-order valence-electron chi connectivity index (χ0n) is 17.5. The van der Waals surface area contributed by atoms with Crippen LogP contribution >= 0.6 is 0 Å². The summed E-state index contributed by atoms with van der Waals surface area (Å²) in [4.78, 5) is 16.8. The van der Waals surface area contributed by atoms with Gasteiger partial charge in [-0.2, -0.15) is 0 Å². The highest BCUT2D eigenvalue weighted by atomic mass is 16.5. The SMILES string of the molecule is COc1ccc(NC(=O)N2CCN(c3ccc(OC(C)C)cc3)CC2)c(OC)c1. The standard InChI is InChI=1S/C22H29N3O4/c1-16(2)29-18-7-5-17(6-8-18)24-11-13-25(14-12-24)22(26)23-20-10-9-19(27-3)15-21(20)28-4/h5-10,15-16H,11-14H2,1-4H3,(H,23,26). The summed E-state index contributed by atoms with van der Waals surface area (Å²) in [5, 5.41) is 2.93. The molecule has 1 fully saturated rings. The van der Waals surface area contributed by atoms with Crippen molar-refractivity contribution < 1.29 is 19.0 Å². The van der Waals surface area contributed by atoms with E-state index < -0.39 is 0 Å². The number of hydrogen-bond donors (Lipinski definition) is 1. The molecule has 1 heterocycles. The second-order valence-electron chi connectivity index (χ2n) is 7.13. The van der Waals surface area contributed by atoms with Gasteiger partial charge in [-0.3, -0.25) is 0 Å². The van der Waals surface area contributed by atoms with Gasteiger partial charge in [0.2, 0.25) is 0 Å². The van der Waals surface area contributed by atoms with Gasteiger partial charge in [0, 0.05) is 37.9 Å². The molecule has 1 N–H and O–H groups in total. The van der Waals surface area contributed by atoms with Gasteiger partial charge in [-0.1, -0.05) is 0 Å². The Balaban J connectivity index is 1.56. The number of nitrogens with zero attached hydrogens (tertiary/aromatic N) is 2. The highest BCUT2D eigenvalue weighted by molar-refractivity contribution is 5.91. The normalized spacial score (nSPS) is 14.0. The first-order valence-corrected chi connectivity index (χ1v) is 9.79. The van der Waals surface area contributed by atoms with Crippen LogP contribution in [0.3, 0.4) is 0 Å². The van der Waals surface area contributed by atoms with Gasteiger partial charge in [0.25, 0.3) is 0 Å². The molecular formula is C22H29N3O4. The van der Waals surface area contributed by atoms with E-state index in [0.29, 0.717) is 30.3 Å². The van der Waals surface area contributed by atoms with Crippen molar-refractivity contribution in [3.63, 3.8) is 0 Å². The van der Waals surface area contributed by atoms with E-state index in [1.165, 1.54) is 0 Å². The number of urea groups is 1. The molecule has 156 valence electrons. The number of anilines is 2. The fourth-order valence-corrected chi connectivity index (χ4v) is 3.27. The number of benzene rings is 2. The van der Waals surface area contributed by atoms with Crippen LogP contribution in [0.5, 0.6) is 17.2 Å². The second-order valence-corrected chi connectivity index (χ2v) is 7.13. The zero-order chi connectivity index (χ0) is 20.8. The van der Waals surface area contributed by atoms with Crippen LogP contribution in [0, 0.1) is 0 Å². The zero-order valence-corrected chi connectivity index (χ0v) is 17.5. The summed E-state index contributed by atoms with van der Waals surface area (Å²) >= 11 is 0. The number of ether oxygens (including phenoxy) is 3. The Kier molecular flexibility index (Phi) is 6.69. The highest BCUT2D eigenvalue weighted by Gasteiger charge is 2.22. The van der Waals surface area contributed by atoms with Gasteiger partial charge in [-0.25, -0.2) is 4.79 Å². The molecule has 2 aromatic carbocycles. The van der Waals surface area contributed by atoms with E-state index in [9.17, 15) is 4.79 Å². The van der Waals surface area contributed by atoms with E-state index in [1.807, 2.05) is 30.9 Å². The minimum Gasteiger partial charge on any atom is -0.497 e. The van der Waals surface area contributed by atoms with Gasteiger partial charge < -0.3 is 29.3 Å². The van der Waals surface area contributed by atoms with E-state index in [2.05, 4.69) is 22.3 Å². The van der Waals surface area contributed by atoms with E-state index >= 15 is 0 Å². The van der Waals surface area contributed by atoms with Crippen LogP contribution in [-0.2, 0) is 0 Å². The first kappa shape index (κ1) is 20.6. The summed E-state index contributed by atoms with van der Waals surface area (Å²) in [5.41, 5.74) is 1.76. The predicted molar refractivity (Wildman–Crippen MR) is 115 cm³/mol. The van der Waals surface area contributed by atoms with Crippen LogP contribution in [-0.4, -0.2) is 57.4 Å². The lowest BCUT2D eigenvalue weighted by molar-refractivity contribution is 0.208. The molecule has 29 heavy (non-hydrogen) atoms. The molecule has 0 bridgehead atoms. The van der Waals surface area contributed by atoms with E-state index in [0.717, 1.165) is 24.5 Å². The van der Waals surface area contributed by atoms with E-state index in [1.54, 1.807) is 32.4 Å². The van der Waals surface area contributed by atoms with Gasteiger partial charge in [-0.15, -0.1) is 0 Å². The van der Waals surface area contributed by atoms with Crippen molar-refractivity contribution in [2.75, 3.05) is 50.6 Å². The summed E-state index contributed by atoms with van der Waals surface area (Å²) in [7, 11) is 3.16. The van der Waals surface area contributed by atoms with Gasteiger partial charge in [-0.05, 0) is 50.2 Å². The smallest absolute Gasteiger partial charge is 0.322 e. The molecule has 7 nitrogen and oxygen atoms in total. The molecule has 0 aromatic heterocycles. The number of amides is 2. The van der Waals surface area contributed by atoms with Crippen LogP contribution in [0.1, 0.15) is 13.8 Å². The minimum absolute atomic E-state index is 0.131. The number of carbonyl (C=O) groups is 1. The molecular weight excluding hydrogens is 370 g/mol. The summed E-state index contributed by atoms with van der Waals surface area (Å²) in [5.74, 6) is 2.12. The third kappa shape index (κ3) is 5.25. The van der Waals surface area contributed by atoms with Crippen molar-refractivity contribution in [3.05, 3.63) is 42.5 Å². The summed E-state index contributed by atoms with van der Waals surface area (Å²) in [6.45, 7) is 6.87. The lowest BCUT2D eigenvalue weighted by Gasteiger charge is -2.36. The number of nitrogens with one attached hydrogen (secondary N) is 1. The molecule has 1 aliphatic heterocycles. The monoisotopic (exact) mass is 399 g/mol. The topological polar surface area (TPSA) is 63.3 Å². The van der Waals surface area contributed by atoms with Crippen molar-refractivity contribution in [2.24, 2.45) is 0 Å². The second kappa shape index (κ2) is 9.41. The summed E-state index contributed by atoms with van der Waals surface area (Å²) < 4.78 is 16.2. The molecule has 0 aliphatic carbocycles. The molecule has 0 atom stereocenters. The Morgan fingerprint density at radius 2 is 1.59 bits per heavy atom. The third-order valence-corrected chi connectivity index (χ3v) is 4.79. The molecule has 1 aliphatic rings. The Morgan fingerprint density at radius 3 is 2.17 bits per heavy atom. The van der Waals surface area contributed by atoms with Crippen LogP contribution in [0.2, 0.25) is 0 Å². The lowest BCUT2D eigenvalue weighted by Crippen LogP contribution is -2.50. The Hall–Kier alpha value is -3.09. The van der Waals surface area contributed by atoms with Crippen LogP contribution in [0.25, 0.3) is 0 Å². The Labute approximate surface area is 172 Å². The fraction of sp³-hybridized carbons (Fsp3) is 0.409. The maximum atomic E-state index is 12.7. The maximum absolute atomic E-state index is 12.7. The maximum Gasteiger partial charge on any atom is 0.322 e. The van der Waals surface area contributed by atoms with Crippen molar-refractivity contribution in [3.8, 4) is 17.2 Å². The molecule has 3 rings (SSSR count). The third-order valence-electron chi connectivity index (χ3n) is 4.79. The number of piperazine rings is 1. The van der Waals surface area contributed by atoms with Gasteiger partial charge in [0.15, 0.2) is 0 Å². The number of methoxy groups -OCH3 is 2. The molecule has 0 radical (unpaired) electrons. The van der Waals surface area contributed by atoms with Gasteiger partial charge >= 0.3 is 6.03 Å². The molecule has 2 amide bonds. The quantitative estimate of drug-likeness (QED) is 0.800. The van der Waals surface area contributed by atoms with E-state index in [-0.39, 0.29) is 12.1 Å². The van der Waals surface area contributed by atoms with Crippen LogP contribution in [0.4, 0.5) is 16.2 Å². The first-order chi connectivity index (χ1) is 14.0. The van der Waals surface area contributed by atoms with Gasteiger partial charge in [0.1, 0.15) is 17.2 Å². The Bertz CT molecular complexity index is 815. The van der Waals surface area contributed by atoms with E-state index in [4.69, 9.17) is 14.2 Å². The summed E-state index contributed by atoms with van der Waals surface area (Å²) in [6, 6.07) is 13.3. The van der Waals surface area contributed by atoms with Crippen molar-refractivity contribution >= 4 is 17.4 Å².